The molecule has 140 valence electrons. The smallest absolute Gasteiger partial charge is 0.256 e. The van der Waals surface area contributed by atoms with Gasteiger partial charge in [-0.05, 0) is 42.5 Å². The van der Waals surface area contributed by atoms with Crippen LogP contribution >= 0.6 is 23.4 Å². The Labute approximate surface area is 166 Å². The fourth-order valence-corrected chi connectivity index (χ4v) is 3.57. The van der Waals surface area contributed by atoms with Gasteiger partial charge >= 0.3 is 0 Å². The average Bonchev–Trinajstić information content (AvgIpc) is 3.03. The van der Waals surface area contributed by atoms with E-state index in [1.165, 1.54) is 18.2 Å². The van der Waals surface area contributed by atoms with Crippen LogP contribution in [0.25, 0.3) is 5.69 Å². The van der Waals surface area contributed by atoms with E-state index in [9.17, 15) is 9.18 Å². The number of aryl methyl sites for hydroxylation is 1. The van der Waals surface area contributed by atoms with Gasteiger partial charge in [-0.1, -0.05) is 48.5 Å². The summed E-state index contributed by atoms with van der Waals surface area (Å²) < 4.78 is 15.8. The third-order valence-electron chi connectivity index (χ3n) is 3.83. The van der Waals surface area contributed by atoms with Gasteiger partial charge in [0.1, 0.15) is 5.82 Å². The van der Waals surface area contributed by atoms with Gasteiger partial charge in [0.25, 0.3) is 5.91 Å². The third-order valence-corrected chi connectivity index (χ3v) is 4.96. The van der Waals surface area contributed by atoms with Gasteiger partial charge in [-0.3, -0.25) is 9.36 Å². The summed E-state index contributed by atoms with van der Waals surface area (Å²) in [4.78, 5) is 12.4. The maximum absolute atomic E-state index is 13.9. The van der Waals surface area contributed by atoms with Gasteiger partial charge in [0.15, 0.2) is 11.0 Å². The third kappa shape index (κ3) is 4.31. The van der Waals surface area contributed by atoms with E-state index in [1.807, 2.05) is 42.7 Å². The summed E-state index contributed by atoms with van der Waals surface area (Å²) in [6.07, 6.45) is 0. The highest BCUT2D eigenvalue weighted by Crippen LogP contribution is 2.23. The molecule has 0 unspecified atom stereocenters. The zero-order chi connectivity index (χ0) is 19.4. The van der Waals surface area contributed by atoms with Crippen LogP contribution in [0.5, 0.6) is 0 Å². The van der Waals surface area contributed by atoms with Gasteiger partial charge in [-0.2, -0.15) is 0 Å². The van der Waals surface area contributed by atoms with E-state index in [2.05, 4.69) is 15.5 Å². The first-order valence-electron chi connectivity index (χ1n) is 8.37. The van der Waals surface area contributed by atoms with Crippen LogP contribution in [-0.2, 0) is 6.54 Å². The molecule has 5 nitrogen and oxygen atoms in total. The largest absolute Gasteiger partial charge is 0.345 e. The molecule has 2 aromatic carbocycles. The summed E-state index contributed by atoms with van der Waals surface area (Å²) >= 11 is 7.51. The van der Waals surface area contributed by atoms with E-state index in [0.717, 1.165) is 22.2 Å². The number of carbonyl (C=O) groups is 1. The molecular formula is C19H18ClFN4OS. The van der Waals surface area contributed by atoms with Crippen molar-refractivity contribution < 1.29 is 9.18 Å². The monoisotopic (exact) mass is 404 g/mol. The molecule has 0 spiro atoms. The Balaban J connectivity index is 1.88. The number of amides is 1. The molecule has 27 heavy (non-hydrogen) atoms. The molecule has 3 rings (SSSR count). The SMILES string of the molecule is CCSc1nnc(CNC(=O)c2c(F)cccc2Cl)n1-c1cccc(C)c1. The van der Waals surface area contributed by atoms with Gasteiger partial charge in [0.2, 0.25) is 0 Å². The molecule has 8 heteroatoms. The maximum Gasteiger partial charge on any atom is 0.256 e. The molecule has 0 radical (unpaired) electrons. The first-order chi connectivity index (χ1) is 13.0. The first kappa shape index (κ1) is 19.4. The summed E-state index contributed by atoms with van der Waals surface area (Å²) in [5.74, 6) is 0.127. The maximum atomic E-state index is 13.9. The Morgan fingerprint density at radius 1 is 1.26 bits per heavy atom. The Bertz CT molecular complexity index is 956. The van der Waals surface area contributed by atoms with Crippen molar-refractivity contribution in [3.8, 4) is 5.69 Å². The fraction of sp³-hybridized carbons (Fsp3) is 0.211. The molecule has 1 N–H and O–H groups in total. The van der Waals surface area contributed by atoms with E-state index < -0.39 is 11.7 Å². The second kappa shape index (κ2) is 8.54. The lowest BCUT2D eigenvalue weighted by atomic mass is 10.2. The van der Waals surface area contributed by atoms with Crippen LogP contribution in [0.1, 0.15) is 28.7 Å². The number of halogens is 2. The van der Waals surface area contributed by atoms with E-state index in [-0.39, 0.29) is 17.1 Å². The van der Waals surface area contributed by atoms with Crippen molar-refractivity contribution in [2.45, 2.75) is 25.5 Å². The molecule has 0 atom stereocenters. The van der Waals surface area contributed by atoms with Gasteiger partial charge < -0.3 is 5.32 Å². The van der Waals surface area contributed by atoms with Crippen LogP contribution in [0.15, 0.2) is 47.6 Å². The number of hydrogen-bond acceptors (Lipinski definition) is 4. The van der Waals surface area contributed by atoms with Crippen molar-refractivity contribution >= 4 is 29.3 Å². The Kier molecular flexibility index (Phi) is 6.13. The predicted molar refractivity (Wildman–Crippen MR) is 105 cm³/mol. The van der Waals surface area contributed by atoms with E-state index in [1.54, 1.807) is 11.8 Å². The Hall–Kier alpha value is -2.38. The number of nitrogens with zero attached hydrogens (tertiary/aromatic N) is 3. The molecule has 1 heterocycles. The van der Waals surface area contributed by atoms with Crippen LogP contribution in [0.2, 0.25) is 5.02 Å². The molecule has 0 aliphatic carbocycles. The van der Waals surface area contributed by atoms with Crippen molar-refractivity contribution in [1.82, 2.24) is 20.1 Å². The van der Waals surface area contributed by atoms with Crippen LogP contribution in [0, 0.1) is 12.7 Å². The van der Waals surface area contributed by atoms with E-state index >= 15 is 0 Å². The van der Waals surface area contributed by atoms with Crippen molar-refractivity contribution in [3.05, 3.63) is 70.3 Å². The minimum Gasteiger partial charge on any atom is -0.345 e. The van der Waals surface area contributed by atoms with Gasteiger partial charge in [0.05, 0.1) is 17.1 Å². The summed E-state index contributed by atoms with van der Waals surface area (Å²) in [5, 5.41) is 11.9. The Morgan fingerprint density at radius 3 is 2.74 bits per heavy atom. The second-order valence-electron chi connectivity index (χ2n) is 5.79. The second-order valence-corrected chi connectivity index (χ2v) is 7.42. The normalized spacial score (nSPS) is 10.8. The van der Waals surface area contributed by atoms with E-state index in [4.69, 9.17) is 11.6 Å². The number of hydrogen-bond donors (Lipinski definition) is 1. The van der Waals surface area contributed by atoms with Gasteiger partial charge in [-0.25, -0.2) is 4.39 Å². The van der Waals surface area contributed by atoms with Crippen LogP contribution in [-0.4, -0.2) is 26.4 Å². The predicted octanol–water partition coefficient (Wildman–Crippen LogP) is 4.41. The summed E-state index contributed by atoms with van der Waals surface area (Å²) in [6.45, 7) is 4.12. The molecule has 0 saturated carbocycles. The number of thioether (sulfide) groups is 1. The summed E-state index contributed by atoms with van der Waals surface area (Å²) in [6, 6.07) is 12.1. The lowest BCUT2D eigenvalue weighted by Gasteiger charge is -2.12. The molecule has 0 bridgehead atoms. The van der Waals surface area contributed by atoms with Crippen molar-refractivity contribution in [3.63, 3.8) is 0 Å². The van der Waals surface area contributed by atoms with Crippen molar-refractivity contribution in [2.24, 2.45) is 0 Å². The van der Waals surface area contributed by atoms with E-state index in [0.29, 0.717) is 5.82 Å². The number of aromatic nitrogens is 3. The fourth-order valence-electron chi connectivity index (χ4n) is 2.63. The van der Waals surface area contributed by atoms with Crippen molar-refractivity contribution in [1.29, 1.82) is 0 Å². The molecule has 0 aliphatic heterocycles. The lowest BCUT2D eigenvalue weighted by Crippen LogP contribution is -2.26. The highest BCUT2D eigenvalue weighted by molar-refractivity contribution is 7.99. The zero-order valence-corrected chi connectivity index (χ0v) is 16.4. The molecule has 0 aliphatic rings. The van der Waals surface area contributed by atoms with Gasteiger partial charge in [-0.15, -0.1) is 10.2 Å². The quantitative estimate of drug-likeness (QED) is 0.618. The molecular weight excluding hydrogens is 387 g/mol. The minimum atomic E-state index is -0.664. The highest BCUT2D eigenvalue weighted by atomic mass is 35.5. The van der Waals surface area contributed by atoms with Crippen LogP contribution in [0.3, 0.4) is 0 Å². The standard InChI is InChI=1S/C19H18ClFN4OS/c1-3-27-19-24-23-16(25(19)13-7-4-6-12(2)10-13)11-22-18(26)17-14(20)8-5-9-15(17)21/h4-10H,3,11H2,1-2H3,(H,22,26). The molecule has 0 fully saturated rings. The molecule has 1 amide bonds. The number of benzene rings is 2. The highest BCUT2D eigenvalue weighted by Gasteiger charge is 2.18. The first-order valence-corrected chi connectivity index (χ1v) is 9.74. The molecule has 1 aromatic heterocycles. The minimum absolute atomic E-state index is 0.0647. The molecule has 3 aromatic rings. The summed E-state index contributed by atoms with van der Waals surface area (Å²) in [7, 11) is 0. The molecule has 0 saturated heterocycles. The van der Waals surface area contributed by atoms with Crippen LogP contribution in [0.4, 0.5) is 4.39 Å². The summed E-state index contributed by atoms with van der Waals surface area (Å²) in [5.41, 5.74) is 1.83. The lowest BCUT2D eigenvalue weighted by molar-refractivity contribution is 0.0946. The average molecular weight is 405 g/mol. The number of rotatable bonds is 6. The van der Waals surface area contributed by atoms with Gasteiger partial charge in [0, 0.05) is 5.69 Å². The van der Waals surface area contributed by atoms with Crippen molar-refractivity contribution in [2.75, 3.05) is 5.75 Å². The zero-order valence-electron chi connectivity index (χ0n) is 14.9. The van der Waals surface area contributed by atoms with Crippen LogP contribution < -0.4 is 5.32 Å². The topological polar surface area (TPSA) is 59.8 Å². The Morgan fingerprint density at radius 2 is 2.04 bits per heavy atom. The number of carbonyl (C=O) groups excluding carboxylic acids is 1. The number of nitrogens with one attached hydrogen (secondary N) is 1.